The van der Waals surface area contributed by atoms with Gasteiger partial charge in [0.25, 0.3) is 5.91 Å². The Hall–Kier alpha value is -4.67. The van der Waals surface area contributed by atoms with E-state index in [2.05, 4.69) is 10.4 Å². The SMILES string of the molecule is CCOC(=O)c1nn(-c2ccc(OC)cc2)c2c1CCN(c1ccc(NC(=O)CCCCC(=O)OC(C)(C)C)c(C)c1)C2=O. The number of hydrogen-bond acceptors (Lipinski definition) is 8. The molecule has 2 amide bonds. The van der Waals surface area contributed by atoms with E-state index in [9.17, 15) is 19.2 Å². The van der Waals surface area contributed by atoms with Crippen LogP contribution >= 0.6 is 0 Å². The molecule has 1 N–H and O–H groups in total. The largest absolute Gasteiger partial charge is 0.497 e. The van der Waals surface area contributed by atoms with Crippen LogP contribution in [0, 0.1) is 6.92 Å². The third-order valence-electron chi connectivity index (χ3n) is 7.05. The van der Waals surface area contributed by atoms with Crippen LogP contribution in [0.1, 0.15) is 85.5 Å². The van der Waals surface area contributed by atoms with Crippen molar-refractivity contribution >= 4 is 35.1 Å². The Morgan fingerprint density at radius 1 is 1.00 bits per heavy atom. The summed E-state index contributed by atoms with van der Waals surface area (Å²) in [5.41, 5.74) is 3.15. The lowest BCUT2D eigenvalue weighted by Gasteiger charge is -2.28. The molecule has 44 heavy (non-hydrogen) atoms. The second-order valence-electron chi connectivity index (χ2n) is 11.6. The Balaban J connectivity index is 1.48. The zero-order valence-electron chi connectivity index (χ0n) is 26.2. The third-order valence-corrected chi connectivity index (χ3v) is 7.05. The summed E-state index contributed by atoms with van der Waals surface area (Å²) in [4.78, 5) is 52.8. The highest BCUT2D eigenvalue weighted by Gasteiger charge is 2.35. The number of amides is 2. The second kappa shape index (κ2) is 13.7. The highest BCUT2D eigenvalue weighted by molar-refractivity contribution is 6.09. The van der Waals surface area contributed by atoms with E-state index in [1.54, 1.807) is 55.3 Å². The molecule has 11 heteroatoms. The Kier molecular flexibility index (Phi) is 10.1. The number of nitrogens with one attached hydrogen (secondary N) is 1. The number of aromatic nitrogens is 2. The topological polar surface area (TPSA) is 129 Å². The maximum atomic E-state index is 14.0. The fourth-order valence-electron chi connectivity index (χ4n) is 5.00. The summed E-state index contributed by atoms with van der Waals surface area (Å²) in [5, 5.41) is 7.44. The van der Waals surface area contributed by atoms with Gasteiger partial charge < -0.3 is 24.4 Å². The first-order valence-corrected chi connectivity index (χ1v) is 14.8. The Bertz CT molecular complexity index is 1540. The summed E-state index contributed by atoms with van der Waals surface area (Å²) in [7, 11) is 1.57. The fraction of sp³-hybridized carbons (Fsp3) is 0.424. The van der Waals surface area contributed by atoms with Crippen LogP contribution in [0.5, 0.6) is 5.75 Å². The molecular formula is C33H40N4O7. The van der Waals surface area contributed by atoms with Crippen LogP contribution < -0.4 is 15.0 Å². The molecule has 0 aliphatic carbocycles. The number of rotatable bonds is 11. The van der Waals surface area contributed by atoms with Gasteiger partial charge in [0.2, 0.25) is 5.91 Å². The van der Waals surface area contributed by atoms with E-state index in [0.717, 1.165) is 5.56 Å². The van der Waals surface area contributed by atoms with E-state index < -0.39 is 11.6 Å². The number of nitrogens with zero attached hydrogens (tertiary/aromatic N) is 3. The molecule has 11 nitrogen and oxygen atoms in total. The molecule has 234 valence electrons. The fourth-order valence-corrected chi connectivity index (χ4v) is 5.00. The zero-order chi connectivity index (χ0) is 32.0. The van der Waals surface area contributed by atoms with Gasteiger partial charge in [0.15, 0.2) is 5.69 Å². The van der Waals surface area contributed by atoms with Gasteiger partial charge in [0, 0.05) is 36.3 Å². The number of carbonyl (C=O) groups excluding carboxylic acids is 4. The minimum Gasteiger partial charge on any atom is -0.497 e. The van der Waals surface area contributed by atoms with E-state index in [4.69, 9.17) is 14.2 Å². The lowest BCUT2D eigenvalue weighted by Crippen LogP contribution is -2.39. The lowest BCUT2D eigenvalue weighted by molar-refractivity contribution is -0.155. The molecule has 2 heterocycles. The molecule has 4 rings (SSSR count). The molecule has 0 saturated carbocycles. The first-order valence-electron chi connectivity index (χ1n) is 14.8. The van der Waals surface area contributed by atoms with Crippen molar-refractivity contribution in [2.75, 3.05) is 30.5 Å². The minimum atomic E-state index is -0.571. The summed E-state index contributed by atoms with van der Waals surface area (Å²) < 4.78 is 17.3. The summed E-state index contributed by atoms with van der Waals surface area (Å²) in [6, 6.07) is 12.5. The van der Waals surface area contributed by atoms with Crippen LogP contribution in [0.15, 0.2) is 42.5 Å². The van der Waals surface area contributed by atoms with Gasteiger partial charge in [-0.25, -0.2) is 9.48 Å². The minimum absolute atomic E-state index is 0.131. The maximum Gasteiger partial charge on any atom is 0.359 e. The van der Waals surface area contributed by atoms with Gasteiger partial charge in [0.1, 0.15) is 17.0 Å². The second-order valence-corrected chi connectivity index (χ2v) is 11.6. The normalized spacial score (nSPS) is 12.9. The van der Waals surface area contributed by atoms with Crippen molar-refractivity contribution in [1.29, 1.82) is 0 Å². The summed E-state index contributed by atoms with van der Waals surface area (Å²) in [6.45, 7) is 9.59. The van der Waals surface area contributed by atoms with E-state index in [0.29, 0.717) is 59.9 Å². The predicted molar refractivity (Wildman–Crippen MR) is 166 cm³/mol. The highest BCUT2D eigenvalue weighted by atomic mass is 16.6. The summed E-state index contributed by atoms with van der Waals surface area (Å²) in [5.74, 6) is -0.646. The van der Waals surface area contributed by atoms with E-state index >= 15 is 0 Å². The number of hydrogen-bond donors (Lipinski definition) is 1. The molecule has 0 fully saturated rings. The van der Waals surface area contributed by atoms with Crippen LogP contribution in [-0.2, 0) is 25.5 Å². The van der Waals surface area contributed by atoms with Gasteiger partial charge in [-0.1, -0.05) is 0 Å². The number of aryl methyl sites for hydroxylation is 1. The van der Waals surface area contributed by atoms with Crippen LogP contribution in [-0.4, -0.2) is 59.4 Å². The number of esters is 2. The molecule has 2 aromatic carbocycles. The quantitative estimate of drug-likeness (QED) is 0.227. The average Bonchev–Trinajstić information content (AvgIpc) is 3.37. The molecule has 0 unspecified atom stereocenters. The van der Waals surface area contributed by atoms with Gasteiger partial charge in [-0.3, -0.25) is 14.4 Å². The molecular weight excluding hydrogens is 564 g/mol. The number of fused-ring (bicyclic) bond motifs is 1. The van der Waals surface area contributed by atoms with Crippen molar-refractivity contribution in [3.05, 3.63) is 65.0 Å². The van der Waals surface area contributed by atoms with Gasteiger partial charge in [-0.05, 0) is 102 Å². The van der Waals surface area contributed by atoms with Crippen LogP contribution in [0.4, 0.5) is 11.4 Å². The van der Waals surface area contributed by atoms with Crippen molar-refractivity contribution in [1.82, 2.24) is 9.78 Å². The van der Waals surface area contributed by atoms with Crippen LogP contribution in [0.2, 0.25) is 0 Å². The van der Waals surface area contributed by atoms with Gasteiger partial charge in [-0.15, -0.1) is 0 Å². The number of unbranched alkanes of at least 4 members (excludes halogenated alkanes) is 1. The Morgan fingerprint density at radius 2 is 1.68 bits per heavy atom. The van der Waals surface area contributed by atoms with Crippen molar-refractivity contribution in [3.63, 3.8) is 0 Å². The third kappa shape index (κ3) is 7.64. The lowest BCUT2D eigenvalue weighted by atomic mass is 10.0. The first kappa shape index (κ1) is 32.2. The van der Waals surface area contributed by atoms with E-state index in [-0.39, 0.29) is 42.9 Å². The molecule has 3 aromatic rings. The number of methoxy groups -OCH3 is 1. The van der Waals surface area contributed by atoms with Crippen LogP contribution in [0.3, 0.4) is 0 Å². The highest BCUT2D eigenvalue weighted by Crippen LogP contribution is 2.31. The van der Waals surface area contributed by atoms with Gasteiger partial charge in [-0.2, -0.15) is 5.10 Å². The van der Waals surface area contributed by atoms with Crippen molar-refractivity contribution in [2.45, 2.75) is 72.3 Å². The first-order chi connectivity index (χ1) is 20.9. The van der Waals surface area contributed by atoms with Crippen molar-refractivity contribution in [2.24, 2.45) is 0 Å². The number of anilines is 2. The molecule has 0 radical (unpaired) electrons. The molecule has 1 aliphatic rings. The zero-order valence-corrected chi connectivity index (χ0v) is 26.2. The van der Waals surface area contributed by atoms with Crippen molar-refractivity contribution in [3.8, 4) is 11.4 Å². The number of benzene rings is 2. The number of ether oxygens (including phenoxy) is 3. The van der Waals surface area contributed by atoms with Gasteiger partial charge >= 0.3 is 11.9 Å². The Morgan fingerprint density at radius 3 is 2.32 bits per heavy atom. The smallest absolute Gasteiger partial charge is 0.359 e. The molecule has 1 aliphatic heterocycles. The molecule has 0 saturated heterocycles. The summed E-state index contributed by atoms with van der Waals surface area (Å²) >= 11 is 0. The Labute approximate surface area is 257 Å². The summed E-state index contributed by atoms with van der Waals surface area (Å²) in [6.07, 6.45) is 2.07. The average molecular weight is 605 g/mol. The van der Waals surface area contributed by atoms with E-state index in [1.165, 1.54) is 4.68 Å². The van der Waals surface area contributed by atoms with E-state index in [1.807, 2.05) is 33.8 Å². The molecule has 0 spiro atoms. The maximum absolute atomic E-state index is 14.0. The number of carbonyl (C=O) groups is 4. The predicted octanol–water partition coefficient (Wildman–Crippen LogP) is 5.41. The molecule has 1 aromatic heterocycles. The van der Waals surface area contributed by atoms with Crippen LogP contribution in [0.25, 0.3) is 5.69 Å². The van der Waals surface area contributed by atoms with Crippen molar-refractivity contribution < 1.29 is 33.4 Å². The molecule has 0 bridgehead atoms. The standard InChI is InChI=1S/C33H40N4O7/c1-7-43-32(41)29-25-18-19-36(31(40)30(25)37(35-29)22-12-15-24(42-6)16-13-22)23-14-17-26(21(2)20-23)34-27(38)10-8-9-11-28(39)44-33(3,4)5/h12-17,20H,7-11,18-19H2,1-6H3,(H,34,38). The molecule has 0 atom stereocenters. The van der Waals surface area contributed by atoms with Gasteiger partial charge in [0.05, 0.1) is 19.4 Å². The monoisotopic (exact) mass is 604 g/mol.